The highest BCUT2D eigenvalue weighted by molar-refractivity contribution is 8.76. The molecule has 0 aromatic rings. The molecule has 0 aliphatic rings. The van der Waals surface area contributed by atoms with Gasteiger partial charge in [0, 0.05) is 31.4 Å². The topological polar surface area (TPSA) is 50.4 Å². The van der Waals surface area contributed by atoms with E-state index in [1.807, 2.05) is 17.6 Å². The lowest BCUT2D eigenvalue weighted by Crippen LogP contribution is -2.24. The third-order valence-corrected chi connectivity index (χ3v) is 4.60. The lowest BCUT2D eigenvalue weighted by atomic mass is 9.84. The highest BCUT2D eigenvalue weighted by atomic mass is 33.1. The third-order valence-electron chi connectivity index (χ3n) is 2.52. The van der Waals surface area contributed by atoms with Gasteiger partial charge < -0.3 is 15.4 Å². The summed E-state index contributed by atoms with van der Waals surface area (Å²) in [6.07, 6.45) is 2.32. The molecule has 0 aromatic carbocycles. The summed E-state index contributed by atoms with van der Waals surface area (Å²) < 4.78 is 5.52. The number of nitrogens with one attached hydrogen (secondary N) is 2. The van der Waals surface area contributed by atoms with Crippen molar-refractivity contribution < 1.29 is 9.53 Å². The Bertz CT molecular complexity index is 333. The summed E-state index contributed by atoms with van der Waals surface area (Å²) in [6.45, 7) is 8.35. The standard InChI is InChI=1S/C15H28BN2O2S2/c1-14(2)17-10-12-21-22-13-20-11-5-4-7-15(19)18-9-6-8-16-3/h14,17H,4-5,7,9-13H2,1-3H3,(H,18,19). The van der Waals surface area contributed by atoms with Gasteiger partial charge >= 0.3 is 0 Å². The lowest BCUT2D eigenvalue weighted by Gasteiger charge is -2.07. The quantitative estimate of drug-likeness (QED) is 0.177. The lowest BCUT2D eigenvalue weighted by molar-refractivity contribution is -0.121. The van der Waals surface area contributed by atoms with Crippen LogP contribution in [0.5, 0.6) is 0 Å². The van der Waals surface area contributed by atoms with Crippen molar-refractivity contribution in [2.75, 3.05) is 31.4 Å². The van der Waals surface area contributed by atoms with E-state index in [2.05, 4.69) is 36.2 Å². The predicted molar refractivity (Wildman–Crippen MR) is 100 cm³/mol. The molecule has 0 spiro atoms. The Morgan fingerprint density at radius 3 is 2.86 bits per heavy atom. The van der Waals surface area contributed by atoms with E-state index in [1.165, 1.54) is 0 Å². The second kappa shape index (κ2) is 17.1. The van der Waals surface area contributed by atoms with Crippen LogP contribution in [0.25, 0.3) is 0 Å². The molecule has 2 N–H and O–H groups in total. The van der Waals surface area contributed by atoms with Gasteiger partial charge in [-0.15, -0.1) is 0 Å². The number of amides is 1. The first-order valence-corrected chi connectivity index (χ1v) is 10.2. The fourth-order valence-electron chi connectivity index (χ4n) is 1.45. The number of hydrogen-bond donors (Lipinski definition) is 2. The van der Waals surface area contributed by atoms with Gasteiger partial charge in [-0.05, 0) is 12.8 Å². The zero-order chi connectivity index (χ0) is 16.5. The highest BCUT2D eigenvalue weighted by Crippen LogP contribution is 2.20. The van der Waals surface area contributed by atoms with E-state index in [0.29, 0.717) is 24.9 Å². The molecule has 0 bridgehead atoms. The molecular formula is C15H28BN2O2S2. The van der Waals surface area contributed by atoms with E-state index in [9.17, 15) is 4.79 Å². The smallest absolute Gasteiger partial charge is 0.220 e. The highest BCUT2D eigenvalue weighted by Gasteiger charge is 1.99. The Hall–Kier alpha value is -0.285. The van der Waals surface area contributed by atoms with Crippen LogP contribution in [0.3, 0.4) is 0 Å². The molecule has 7 heteroatoms. The van der Waals surface area contributed by atoms with Crippen LogP contribution in [0.2, 0.25) is 6.82 Å². The number of carbonyl (C=O) groups excluding carboxylic acids is 1. The minimum atomic E-state index is 0.0630. The maximum absolute atomic E-state index is 11.4. The minimum Gasteiger partial charge on any atom is -0.370 e. The normalized spacial score (nSPS) is 10.2. The van der Waals surface area contributed by atoms with Gasteiger partial charge in [-0.25, -0.2) is 0 Å². The van der Waals surface area contributed by atoms with Crippen molar-refractivity contribution in [2.45, 2.75) is 46.0 Å². The Kier molecular flexibility index (Phi) is 16.9. The Morgan fingerprint density at radius 2 is 2.14 bits per heavy atom. The molecule has 0 aliphatic heterocycles. The largest absolute Gasteiger partial charge is 0.370 e. The second-order valence-corrected chi connectivity index (χ2v) is 7.45. The van der Waals surface area contributed by atoms with Crippen LogP contribution < -0.4 is 10.6 Å². The van der Waals surface area contributed by atoms with Crippen molar-refractivity contribution in [3.05, 3.63) is 0 Å². The molecule has 0 atom stereocenters. The number of carbonyl (C=O) groups is 1. The first-order chi connectivity index (χ1) is 10.7. The molecule has 1 amide bonds. The molecule has 0 aromatic heterocycles. The van der Waals surface area contributed by atoms with Gasteiger partial charge in [0.1, 0.15) is 5.94 Å². The molecule has 0 heterocycles. The van der Waals surface area contributed by atoms with Gasteiger partial charge in [-0.1, -0.05) is 48.2 Å². The van der Waals surface area contributed by atoms with E-state index in [0.717, 1.165) is 31.7 Å². The van der Waals surface area contributed by atoms with Crippen molar-refractivity contribution >= 4 is 34.8 Å². The van der Waals surface area contributed by atoms with E-state index in [1.54, 1.807) is 18.1 Å². The van der Waals surface area contributed by atoms with Gasteiger partial charge in [0.2, 0.25) is 13.2 Å². The average molecular weight is 343 g/mol. The van der Waals surface area contributed by atoms with Crippen molar-refractivity contribution in [3.63, 3.8) is 0 Å². The van der Waals surface area contributed by atoms with Crippen LogP contribution in [0.4, 0.5) is 0 Å². The summed E-state index contributed by atoms with van der Waals surface area (Å²) in [5, 5.41) is 6.14. The summed E-state index contributed by atoms with van der Waals surface area (Å²) in [5.74, 6) is 7.50. The molecule has 0 fully saturated rings. The monoisotopic (exact) mass is 343 g/mol. The third kappa shape index (κ3) is 17.8. The maximum atomic E-state index is 11.4. The van der Waals surface area contributed by atoms with Crippen molar-refractivity contribution in [3.8, 4) is 11.7 Å². The predicted octanol–water partition coefficient (Wildman–Crippen LogP) is 2.34. The van der Waals surface area contributed by atoms with Gasteiger partial charge in [-0.2, -0.15) is 5.82 Å². The fourth-order valence-corrected chi connectivity index (χ4v) is 3.03. The molecule has 0 saturated carbocycles. The Balaban J connectivity index is 3.18. The SMILES string of the molecule is C[B]C#CCNC(=O)CCCCOCSSCCNC(C)C. The van der Waals surface area contributed by atoms with Gasteiger partial charge in [-0.3, -0.25) is 4.79 Å². The summed E-state index contributed by atoms with van der Waals surface area (Å²) in [6, 6.07) is 0.552. The summed E-state index contributed by atoms with van der Waals surface area (Å²) in [4.78, 5) is 11.4. The second-order valence-electron chi connectivity index (χ2n) is 4.92. The van der Waals surface area contributed by atoms with Gasteiger partial charge in [0.25, 0.3) is 0 Å². The van der Waals surface area contributed by atoms with Crippen LogP contribution in [0.1, 0.15) is 33.1 Å². The van der Waals surface area contributed by atoms with Crippen molar-refractivity contribution in [1.29, 1.82) is 0 Å². The Morgan fingerprint density at radius 1 is 1.32 bits per heavy atom. The first kappa shape index (κ1) is 21.7. The van der Waals surface area contributed by atoms with Gasteiger partial charge in [0.15, 0.2) is 0 Å². The molecular weight excluding hydrogens is 315 g/mol. The number of hydrogen-bond acceptors (Lipinski definition) is 5. The van der Waals surface area contributed by atoms with Crippen LogP contribution >= 0.6 is 21.6 Å². The van der Waals surface area contributed by atoms with Crippen LogP contribution in [-0.2, 0) is 9.53 Å². The molecule has 4 nitrogen and oxygen atoms in total. The molecule has 0 saturated heterocycles. The van der Waals surface area contributed by atoms with E-state index < -0.39 is 0 Å². The van der Waals surface area contributed by atoms with Crippen LogP contribution in [-0.4, -0.2) is 50.6 Å². The zero-order valence-corrected chi connectivity index (χ0v) is 15.6. The summed E-state index contributed by atoms with van der Waals surface area (Å²) in [7, 11) is 5.33. The zero-order valence-electron chi connectivity index (χ0n) is 13.9. The summed E-state index contributed by atoms with van der Waals surface area (Å²) >= 11 is 0. The summed E-state index contributed by atoms with van der Waals surface area (Å²) in [5.41, 5.74) is 0. The Labute approximate surface area is 144 Å². The van der Waals surface area contributed by atoms with Crippen molar-refractivity contribution in [1.82, 2.24) is 10.6 Å². The number of unbranched alkanes of at least 4 members (excludes halogenated alkanes) is 1. The molecule has 0 rings (SSSR count). The van der Waals surface area contributed by atoms with Crippen molar-refractivity contribution in [2.24, 2.45) is 0 Å². The molecule has 125 valence electrons. The molecule has 1 radical (unpaired) electrons. The molecule has 0 aliphatic carbocycles. The van der Waals surface area contributed by atoms with E-state index >= 15 is 0 Å². The molecule has 0 unspecified atom stereocenters. The maximum Gasteiger partial charge on any atom is 0.220 e. The number of ether oxygens (including phenoxy) is 1. The van der Waals surface area contributed by atoms with E-state index in [4.69, 9.17) is 4.74 Å². The minimum absolute atomic E-state index is 0.0630. The first-order valence-electron chi connectivity index (χ1n) is 7.75. The van der Waals surface area contributed by atoms with Crippen LogP contribution in [0.15, 0.2) is 0 Å². The average Bonchev–Trinajstić information content (AvgIpc) is 2.49. The van der Waals surface area contributed by atoms with Crippen LogP contribution in [0, 0.1) is 11.7 Å². The fraction of sp³-hybridized carbons (Fsp3) is 0.800. The van der Waals surface area contributed by atoms with Gasteiger partial charge in [0.05, 0.1) is 6.54 Å². The number of rotatable bonds is 13. The molecule has 22 heavy (non-hydrogen) atoms. The van der Waals surface area contributed by atoms with E-state index in [-0.39, 0.29) is 5.91 Å².